The number of esters is 2. The predicted molar refractivity (Wildman–Crippen MR) is 147 cm³/mol. The highest BCUT2D eigenvalue weighted by molar-refractivity contribution is 6.28. The van der Waals surface area contributed by atoms with Gasteiger partial charge in [-0.15, -0.1) is 0 Å². The second kappa shape index (κ2) is 12.3. The van der Waals surface area contributed by atoms with E-state index in [1.165, 1.54) is 52.0 Å². The molecular formula is C29H32N4O9. The number of amides is 3. The summed E-state index contributed by atoms with van der Waals surface area (Å²) in [6, 6.07) is 8.80. The third-order valence-corrected chi connectivity index (χ3v) is 6.53. The molecule has 42 heavy (non-hydrogen) atoms. The lowest BCUT2D eigenvalue weighted by atomic mass is 9.83. The molecule has 0 heterocycles. The molecule has 1 atom stereocenters. The number of carbonyl (C=O) groups is 7. The van der Waals surface area contributed by atoms with Gasteiger partial charge in [0.05, 0.1) is 19.2 Å². The number of benzene rings is 2. The highest BCUT2D eigenvalue weighted by Crippen LogP contribution is 2.28. The minimum absolute atomic E-state index is 0.0361. The Morgan fingerprint density at radius 2 is 1.36 bits per heavy atom. The van der Waals surface area contributed by atoms with Gasteiger partial charge >= 0.3 is 11.9 Å². The summed E-state index contributed by atoms with van der Waals surface area (Å²) >= 11 is 0. The average Bonchev–Trinajstić information content (AvgIpc) is 2.96. The lowest BCUT2D eigenvalue weighted by Crippen LogP contribution is -2.64. The molecule has 1 aliphatic carbocycles. The van der Waals surface area contributed by atoms with E-state index in [2.05, 4.69) is 16.0 Å². The highest BCUT2D eigenvalue weighted by Gasteiger charge is 2.38. The van der Waals surface area contributed by atoms with E-state index in [0.717, 1.165) is 7.11 Å². The van der Waals surface area contributed by atoms with E-state index in [1.807, 2.05) is 0 Å². The molecule has 0 aliphatic heterocycles. The molecule has 0 radical (unpaired) electrons. The van der Waals surface area contributed by atoms with Crippen molar-refractivity contribution in [1.29, 1.82) is 0 Å². The van der Waals surface area contributed by atoms with Crippen molar-refractivity contribution in [3.63, 3.8) is 0 Å². The zero-order valence-electron chi connectivity index (χ0n) is 23.8. The van der Waals surface area contributed by atoms with Crippen LogP contribution in [0.5, 0.6) is 0 Å². The van der Waals surface area contributed by atoms with Gasteiger partial charge in [-0.25, -0.2) is 9.59 Å². The molecule has 5 N–H and O–H groups in total. The summed E-state index contributed by atoms with van der Waals surface area (Å²) < 4.78 is 9.96. The third-order valence-electron chi connectivity index (χ3n) is 6.53. The number of ether oxygens (including phenoxy) is 2. The normalized spacial score (nSPS) is 13.2. The average molecular weight is 581 g/mol. The van der Waals surface area contributed by atoms with Gasteiger partial charge in [-0.1, -0.05) is 24.3 Å². The molecule has 0 spiro atoms. The van der Waals surface area contributed by atoms with Crippen LogP contribution in [0.25, 0.3) is 0 Å². The monoisotopic (exact) mass is 580 g/mol. The Morgan fingerprint density at radius 1 is 0.810 bits per heavy atom. The Morgan fingerprint density at radius 3 is 1.93 bits per heavy atom. The molecule has 222 valence electrons. The Kier molecular flexibility index (Phi) is 9.26. The van der Waals surface area contributed by atoms with Crippen LogP contribution in [-0.2, 0) is 28.7 Å². The summed E-state index contributed by atoms with van der Waals surface area (Å²) in [5.74, 6) is -4.74. The van der Waals surface area contributed by atoms with Crippen molar-refractivity contribution >= 4 is 41.2 Å². The molecule has 1 aliphatic rings. The lowest BCUT2D eigenvalue weighted by molar-refractivity contribution is -0.147. The van der Waals surface area contributed by atoms with Crippen LogP contribution in [0.15, 0.2) is 42.5 Å². The largest absolute Gasteiger partial charge is 0.467 e. The van der Waals surface area contributed by atoms with Crippen molar-refractivity contribution in [2.75, 3.05) is 20.3 Å². The van der Waals surface area contributed by atoms with Crippen molar-refractivity contribution in [2.24, 2.45) is 5.73 Å². The first-order valence-electron chi connectivity index (χ1n) is 12.8. The van der Waals surface area contributed by atoms with Crippen LogP contribution in [0.1, 0.15) is 69.9 Å². The number of carbonyl (C=O) groups excluding carboxylic acids is 7. The Bertz CT molecular complexity index is 1480. The van der Waals surface area contributed by atoms with Gasteiger partial charge in [0.1, 0.15) is 17.7 Å². The van der Waals surface area contributed by atoms with E-state index in [1.54, 1.807) is 18.2 Å². The maximum absolute atomic E-state index is 13.0. The molecule has 13 heteroatoms. The molecule has 3 amide bonds. The van der Waals surface area contributed by atoms with E-state index in [4.69, 9.17) is 15.2 Å². The molecule has 3 rings (SSSR count). The molecule has 13 nitrogen and oxygen atoms in total. The number of methoxy groups -OCH3 is 1. The van der Waals surface area contributed by atoms with Crippen LogP contribution in [0.2, 0.25) is 0 Å². The van der Waals surface area contributed by atoms with Gasteiger partial charge in [0.15, 0.2) is 17.6 Å². The van der Waals surface area contributed by atoms with E-state index in [-0.39, 0.29) is 40.1 Å². The first-order chi connectivity index (χ1) is 19.6. The Balaban J connectivity index is 1.70. The third kappa shape index (κ3) is 6.69. The molecule has 0 unspecified atom stereocenters. The minimum atomic E-state index is -1.58. The summed E-state index contributed by atoms with van der Waals surface area (Å²) in [5.41, 5.74) is 2.90. The van der Waals surface area contributed by atoms with Crippen molar-refractivity contribution in [3.8, 4) is 0 Å². The fourth-order valence-corrected chi connectivity index (χ4v) is 4.07. The van der Waals surface area contributed by atoms with E-state index < -0.39 is 59.2 Å². The van der Waals surface area contributed by atoms with Crippen LogP contribution in [-0.4, -0.2) is 78.6 Å². The second-order valence-electron chi connectivity index (χ2n) is 10.6. The van der Waals surface area contributed by atoms with E-state index in [0.29, 0.717) is 0 Å². The number of nitrogens with two attached hydrogens (primary N) is 1. The topological polar surface area (TPSA) is 200 Å². The summed E-state index contributed by atoms with van der Waals surface area (Å²) in [4.78, 5) is 88.4. The van der Waals surface area contributed by atoms with Gasteiger partial charge < -0.3 is 31.2 Å². The first-order valence-corrected chi connectivity index (χ1v) is 12.8. The SMILES string of the molecule is COC(=O)[C@H](COC(=O)c1ccc2c(c1)C(=O)c1ccccc1C2=O)NC(=O)C(C)(C)NC(=O)C(C)(C)NC(=O)CN. The summed E-state index contributed by atoms with van der Waals surface area (Å²) in [7, 11) is 1.07. The molecule has 0 saturated carbocycles. The van der Waals surface area contributed by atoms with Gasteiger partial charge in [0.25, 0.3) is 0 Å². The maximum Gasteiger partial charge on any atom is 0.338 e. The van der Waals surface area contributed by atoms with Crippen molar-refractivity contribution in [2.45, 2.75) is 44.8 Å². The number of fused-ring (bicyclic) bond motifs is 2. The second-order valence-corrected chi connectivity index (χ2v) is 10.6. The van der Waals surface area contributed by atoms with Crippen molar-refractivity contribution in [1.82, 2.24) is 16.0 Å². The van der Waals surface area contributed by atoms with E-state index >= 15 is 0 Å². The van der Waals surface area contributed by atoms with Crippen LogP contribution < -0.4 is 21.7 Å². The summed E-state index contributed by atoms with van der Waals surface area (Å²) in [6.07, 6.45) is 0. The quantitative estimate of drug-likeness (QED) is 0.237. The summed E-state index contributed by atoms with van der Waals surface area (Å²) in [5, 5.41) is 7.32. The highest BCUT2D eigenvalue weighted by atomic mass is 16.5. The molecule has 0 bridgehead atoms. The Labute approximate surface area is 241 Å². The summed E-state index contributed by atoms with van der Waals surface area (Å²) in [6.45, 7) is 4.59. The molecular weight excluding hydrogens is 548 g/mol. The molecule has 0 saturated heterocycles. The van der Waals surface area contributed by atoms with Gasteiger partial charge in [-0.05, 0) is 45.9 Å². The van der Waals surface area contributed by atoms with Gasteiger partial charge in [0.2, 0.25) is 17.7 Å². The van der Waals surface area contributed by atoms with Crippen molar-refractivity contribution < 1.29 is 43.0 Å². The van der Waals surface area contributed by atoms with Crippen LogP contribution in [0.4, 0.5) is 0 Å². The number of hydrogen-bond donors (Lipinski definition) is 4. The molecule has 0 aromatic heterocycles. The smallest absolute Gasteiger partial charge is 0.338 e. The molecule has 0 fully saturated rings. The van der Waals surface area contributed by atoms with Crippen LogP contribution >= 0.6 is 0 Å². The predicted octanol–water partition coefficient (Wildman–Crippen LogP) is 0.0249. The fourth-order valence-electron chi connectivity index (χ4n) is 4.07. The molecule has 2 aromatic carbocycles. The fraction of sp³-hybridized carbons (Fsp3) is 0.345. The molecule has 2 aromatic rings. The zero-order valence-corrected chi connectivity index (χ0v) is 23.8. The van der Waals surface area contributed by atoms with Crippen molar-refractivity contribution in [3.05, 3.63) is 70.3 Å². The zero-order chi connectivity index (χ0) is 31.4. The number of hydrogen-bond acceptors (Lipinski definition) is 10. The van der Waals surface area contributed by atoms with Crippen LogP contribution in [0, 0.1) is 0 Å². The number of rotatable bonds is 10. The van der Waals surface area contributed by atoms with Crippen LogP contribution in [0.3, 0.4) is 0 Å². The van der Waals surface area contributed by atoms with Gasteiger partial charge in [0, 0.05) is 22.3 Å². The standard InChI is InChI=1S/C29H32N4O9/c1-28(2,33-27(40)29(3,4)32-21(34)13-30)26(39)31-20(25(38)41-5)14-42-24(37)15-10-11-18-19(12-15)23(36)17-9-7-6-8-16(17)22(18)35/h6-12,20H,13-14,30H2,1-5H3,(H,31,39)(H,32,34)(H,33,40)/t20-/m0/s1. The minimum Gasteiger partial charge on any atom is -0.467 e. The lowest BCUT2D eigenvalue weighted by Gasteiger charge is -2.32. The first kappa shape index (κ1) is 31.6. The van der Waals surface area contributed by atoms with Gasteiger partial charge in [-0.2, -0.15) is 0 Å². The number of ketones is 2. The maximum atomic E-state index is 13.0. The number of nitrogens with one attached hydrogen (secondary N) is 3. The Hall–Kier alpha value is -4.91. The van der Waals surface area contributed by atoms with E-state index in [9.17, 15) is 33.6 Å². The van der Waals surface area contributed by atoms with Gasteiger partial charge in [-0.3, -0.25) is 24.0 Å².